The SMILES string of the molecule is Cc1cc2c(cc1C(C)(C)C)-c1cc(C(C)(C)C)c(C)cc1[CH]2[Zr+2]([C]1=CC=CC1)=[C](c1cc(Cl)cc(Cl)c1C)c1cc(Cl)cc(Cl)c1C.[Cl-].[Cl-]. The molecule has 2 aliphatic rings. The van der Waals surface area contributed by atoms with Gasteiger partial charge in [-0.2, -0.15) is 0 Å². The zero-order chi connectivity index (χ0) is 35.0. The van der Waals surface area contributed by atoms with E-state index < -0.39 is 21.3 Å². The molecule has 0 unspecified atom stereocenters. The van der Waals surface area contributed by atoms with E-state index in [0.717, 1.165) is 28.7 Å². The molecule has 0 saturated carbocycles. The van der Waals surface area contributed by atoms with E-state index in [-0.39, 0.29) is 39.3 Å². The monoisotopic (exact) mass is 860 g/mol. The smallest absolute Gasteiger partial charge is 1.00 e. The second kappa shape index (κ2) is 15.3. The Kier molecular flexibility index (Phi) is 12.7. The largest absolute Gasteiger partial charge is 1.00 e. The van der Waals surface area contributed by atoms with Crippen LogP contribution in [0.1, 0.15) is 107 Å². The van der Waals surface area contributed by atoms with E-state index in [4.69, 9.17) is 46.4 Å². The molecule has 262 valence electrons. The van der Waals surface area contributed by atoms with E-state index in [0.29, 0.717) is 20.1 Å². The van der Waals surface area contributed by atoms with Gasteiger partial charge in [0.2, 0.25) is 0 Å². The Morgan fingerprint density at radius 3 is 1.40 bits per heavy atom. The van der Waals surface area contributed by atoms with E-state index >= 15 is 0 Å². The predicted molar refractivity (Wildman–Crippen MR) is 208 cm³/mol. The van der Waals surface area contributed by atoms with Gasteiger partial charge in [-0.25, -0.2) is 0 Å². The molecule has 0 amide bonds. The minimum atomic E-state index is -3.09. The summed E-state index contributed by atoms with van der Waals surface area (Å²) in [5.41, 5.74) is 15.5. The first-order valence-electron chi connectivity index (χ1n) is 16.7. The fraction of sp³-hybridized carbons (Fsp3) is 0.326. The van der Waals surface area contributed by atoms with Gasteiger partial charge >= 0.3 is 318 Å². The van der Waals surface area contributed by atoms with E-state index in [1.54, 1.807) is 0 Å². The maximum atomic E-state index is 6.95. The van der Waals surface area contributed by atoms with Crippen molar-refractivity contribution < 1.29 is 46.1 Å². The minimum absolute atomic E-state index is 0. The Morgan fingerprint density at radius 2 is 1.04 bits per heavy atom. The van der Waals surface area contributed by atoms with Gasteiger partial charge < -0.3 is 24.8 Å². The maximum absolute atomic E-state index is 6.95. The van der Waals surface area contributed by atoms with Crippen molar-refractivity contribution in [1.82, 2.24) is 0 Å². The Balaban J connectivity index is 0.00000281. The molecule has 2 aliphatic carbocycles. The van der Waals surface area contributed by atoms with Gasteiger partial charge in [-0.3, -0.25) is 0 Å². The molecule has 0 spiro atoms. The Hall–Kier alpha value is -1.15. The summed E-state index contributed by atoms with van der Waals surface area (Å²) in [5.74, 6) is 0. The molecule has 0 saturated heterocycles. The topological polar surface area (TPSA) is 0 Å². The molecule has 0 bridgehead atoms. The number of hydrogen-bond donors (Lipinski definition) is 0. The summed E-state index contributed by atoms with van der Waals surface area (Å²) in [7, 11) is 0. The second-order valence-corrected chi connectivity index (χ2v) is 23.6. The number of benzene rings is 4. The van der Waals surface area contributed by atoms with E-state index in [1.165, 1.54) is 51.0 Å². The first-order valence-corrected chi connectivity index (χ1v) is 22.1. The predicted octanol–water partition coefficient (Wildman–Crippen LogP) is 7.94. The Labute approximate surface area is 339 Å². The van der Waals surface area contributed by atoms with Gasteiger partial charge in [0.15, 0.2) is 0 Å². The molecular weight excluding hydrogens is 820 g/mol. The molecule has 0 aliphatic heterocycles. The number of halogens is 6. The number of hydrogen-bond acceptors (Lipinski definition) is 0. The third-order valence-corrected chi connectivity index (χ3v) is 19.6. The number of aryl methyl sites for hydroxylation is 2. The average molecular weight is 865 g/mol. The molecule has 0 nitrogen and oxygen atoms in total. The van der Waals surface area contributed by atoms with Gasteiger partial charge in [0.1, 0.15) is 0 Å². The average Bonchev–Trinajstić information content (AvgIpc) is 3.60. The van der Waals surface area contributed by atoms with Gasteiger partial charge in [0.05, 0.1) is 0 Å². The zero-order valence-corrected chi connectivity index (χ0v) is 37.4. The van der Waals surface area contributed by atoms with Crippen LogP contribution in [0.15, 0.2) is 70.0 Å². The Bertz CT molecular complexity index is 1970. The van der Waals surface area contributed by atoms with Gasteiger partial charge in [0.25, 0.3) is 0 Å². The summed E-state index contributed by atoms with van der Waals surface area (Å²) in [6.07, 6.45) is 7.88. The molecular formula is C43H44Cl6Zr. The van der Waals surface area contributed by atoms with Crippen molar-refractivity contribution in [2.75, 3.05) is 0 Å². The van der Waals surface area contributed by atoms with E-state index in [2.05, 4.69) is 124 Å². The first kappa shape index (κ1) is 41.6. The fourth-order valence-electron chi connectivity index (χ4n) is 7.88. The van der Waals surface area contributed by atoms with Gasteiger partial charge in [-0.05, 0) is 0 Å². The van der Waals surface area contributed by atoms with Crippen molar-refractivity contribution in [3.05, 3.63) is 146 Å². The van der Waals surface area contributed by atoms with Crippen molar-refractivity contribution in [3.8, 4) is 11.1 Å². The van der Waals surface area contributed by atoms with Crippen LogP contribution in [-0.2, 0) is 32.1 Å². The third-order valence-electron chi connectivity index (χ3n) is 10.2. The van der Waals surface area contributed by atoms with Crippen LogP contribution in [0.3, 0.4) is 0 Å². The van der Waals surface area contributed by atoms with Crippen LogP contribution in [0, 0.1) is 27.7 Å². The van der Waals surface area contributed by atoms with Crippen LogP contribution in [0.4, 0.5) is 0 Å². The third kappa shape index (κ3) is 7.60. The zero-order valence-electron chi connectivity index (χ0n) is 30.4. The number of allylic oxidation sites excluding steroid dienone is 4. The molecule has 6 rings (SSSR count). The molecule has 0 heterocycles. The summed E-state index contributed by atoms with van der Waals surface area (Å²) in [4.78, 5) is 0. The summed E-state index contributed by atoms with van der Waals surface area (Å²) >= 11 is 24.5. The van der Waals surface area contributed by atoms with Crippen molar-refractivity contribution >= 4 is 49.6 Å². The fourth-order valence-corrected chi connectivity index (χ4v) is 18.2. The minimum Gasteiger partial charge on any atom is -1.00 e. The normalized spacial score (nSPS) is 13.6. The van der Waals surface area contributed by atoms with Crippen molar-refractivity contribution in [1.29, 1.82) is 0 Å². The van der Waals surface area contributed by atoms with Gasteiger partial charge in [-0.1, -0.05) is 0 Å². The molecule has 0 N–H and O–H groups in total. The van der Waals surface area contributed by atoms with Crippen LogP contribution >= 0.6 is 46.4 Å². The first-order chi connectivity index (χ1) is 22.4. The molecule has 50 heavy (non-hydrogen) atoms. The molecule has 4 aromatic carbocycles. The van der Waals surface area contributed by atoms with Crippen molar-refractivity contribution in [3.63, 3.8) is 0 Å². The number of rotatable bonds is 4. The summed E-state index contributed by atoms with van der Waals surface area (Å²) in [6, 6.07) is 18.0. The van der Waals surface area contributed by atoms with Crippen LogP contribution in [0.2, 0.25) is 20.1 Å². The molecule has 4 aromatic rings. The molecule has 7 heteroatoms. The van der Waals surface area contributed by atoms with Crippen molar-refractivity contribution in [2.45, 2.75) is 90.1 Å². The van der Waals surface area contributed by atoms with Gasteiger partial charge in [0, 0.05) is 0 Å². The van der Waals surface area contributed by atoms with Crippen LogP contribution in [-0.4, -0.2) is 3.21 Å². The van der Waals surface area contributed by atoms with E-state index in [1.807, 2.05) is 12.1 Å². The quantitative estimate of drug-likeness (QED) is 0.196. The molecule has 0 radical (unpaired) electrons. The van der Waals surface area contributed by atoms with Crippen LogP contribution < -0.4 is 24.8 Å². The van der Waals surface area contributed by atoms with Gasteiger partial charge in [-0.15, -0.1) is 0 Å². The molecule has 0 aromatic heterocycles. The maximum Gasteiger partial charge on any atom is -1.00 e. The van der Waals surface area contributed by atoms with E-state index in [9.17, 15) is 0 Å². The van der Waals surface area contributed by atoms with Crippen LogP contribution in [0.5, 0.6) is 0 Å². The summed E-state index contributed by atoms with van der Waals surface area (Å²) in [6.45, 7) is 22.8. The van der Waals surface area contributed by atoms with Crippen LogP contribution in [0.25, 0.3) is 11.1 Å². The van der Waals surface area contributed by atoms with Crippen molar-refractivity contribution in [2.24, 2.45) is 0 Å². The standard InChI is InChI=1S/C23H29.C15H10Cl4.C5H5.2ClH.Zr/c1-14-9-16-11-17-10-15(2)21(23(6,7)8)13-19(17)18(16)12-20(14)22(3,4)5;1-8-10(4-12(16)6-14(8)18)3-11-5-13(17)7-15(19)9(11)2;1-2-4-5-3-1;;;/h9-13H,1-8H3;4-7H,1-2H3;1-3H,4H2;2*1H;/q;;;;;+2/p-2. The Morgan fingerprint density at radius 1 is 0.620 bits per heavy atom. The summed E-state index contributed by atoms with van der Waals surface area (Å²) in [5, 5.41) is 2.61. The summed E-state index contributed by atoms with van der Waals surface area (Å²) < 4.78 is 3.11. The number of fused-ring (bicyclic) bond motifs is 3. The molecule has 0 fully saturated rings. The second-order valence-electron chi connectivity index (χ2n) is 15.7. The molecule has 0 atom stereocenters.